The van der Waals surface area contributed by atoms with Gasteiger partial charge in [-0.2, -0.15) is 13.2 Å². The van der Waals surface area contributed by atoms with Crippen molar-refractivity contribution >= 4 is 41.3 Å². The number of aromatic nitrogens is 1. The molecule has 0 saturated carbocycles. The molecule has 0 radical (unpaired) electrons. The number of nitrogens with zero attached hydrogens (tertiary/aromatic N) is 2. The number of hydrogen-bond acceptors (Lipinski definition) is 4. The van der Waals surface area contributed by atoms with E-state index in [1.165, 1.54) is 19.2 Å². The molecule has 2 N–H and O–H groups in total. The van der Waals surface area contributed by atoms with Crippen LogP contribution in [0.4, 0.5) is 13.2 Å². The third kappa shape index (κ3) is 6.80. The van der Waals surface area contributed by atoms with Gasteiger partial charge in [-0.05, 0) is 38.5 Å². The Balaban J connectivity index is 0.00000392. The lowest BCUT2D eigenvalue weighted by molar-refractivity contribution is -0.138. The monoisotopic (exact) mass is 528 g/mol. The van der Waals surface area contributed by atoms with E-state index in [1.54, 1.807) is 11.3 Å². The van der Waals surface area contributed by atoms with Gasteiger partial charge in [0.25, 0.3) is 0 Å². The van der Waals surface area contributed by atoms with E-state index in [9.17, 15) is 13.2 Å². The second kappa shape index (κ2) is 10.8. The molecule has 0 bridgehead atoms. The van der Waals surface area contributed by atoms with Gasteiger partial charge in [0, 0.05) is 11.4 Å². The number of aliphatic imine (C=N–C) groups is 1. The molecule has 5 nitrogen and oxygen atoms in total. The summed E-state index contributed by atoms with van der Waals surface area (Å²) in [4.78, 5) is 9.87. The van der Waals surface area contributed by atoms with Crippen molar-refractivity contribution < 1.29 is 17.9 Å². The zero-order chi connectivity index (χ0) is 20.0. The first-order chi connectivity index (χ1) is 12.7. The van der Waals surface area contributed by atoms with Crippen LogP contribution in [0.15, 0.2) is 23.2 Å². The van der Waals surface area contributed by atoms with Gasteiger partial charge in [0.2, 0.25) is 0 Å². The molecule has 0 atom stereocenters. The number of aryl methyl sites for hydroxylation is 2. The molecule has 0 aliphatic heterocycles. The molecular weight excluding hydrogens is 504 g/mol. The van der Waals surface area contributed by atoms with E-state index in [0.717, 1.165) is 21.6 Å². The Kier molecular flexibility index (Phi) is 9.48. The van der Waals surface area contributed by atoms with Gasteiger partial charge in [-0.3, -0.25) is 0 Å². The minimum atomic E-state index is -4.47. The van der Waals surface area contributed by atoms with Crippen LogP contribution in [-0.2, 0) is 19.3 Å². The quantitative estimate of drug-likeness (QED) is 0.326. The van der Waals surface area contributed by atoms with E-state index in [4.69, 9.17) is 4.74 Å². The van der Waals surface area contributed by atoms with Gasteiger partial charge in [0.05, 0.1) is 31.5 Å². The molecule has 28 heavy (non-hydrogen) atoms. The summed E-state index contributed by atoms with van der Waals surface area (Å²) >= 11 is 1.58. The number of methoxy groups -OCH3 is 1. The zero-order valence-electron chi connectivity index (χ0n) is 16.1. The molecule has 1 aromatic heterocycles. The van der Waals surface area contributed by atoms with Crippen LogP contribution in [0.1, 0.15) is 33.6 Å². The second-order valence-corrected chi connectivity index (χ2v) is 7.11. The predicted molar refractivity (Wildman–Crippen MR) is 117 cm³/mol. The summed E-state index contributed by atoms with van der Waals surface area (Å²) in [5.41, 5.74) is 0.320. The Hall–Kier alpha value is -1.56. The number of nitrogens with one attached hydrogen (secondary N) is 2. The summed E-state index contributed by atoms with van der Waals surface area (Å²) in [6, 6.07) is 3.89. The largest absolute Gasteiger partial charge is 0.497 e. The summed E-state index contributed by atoms with van der Waals surface area (Å²) in [6.07, 6.45) is -4.47. The number of hydrogen-bond donors (Lipinski definition) is 2. The van der Waals surface area contributed by atoms with Crippen LogP contribution in [0, 0.1) is 13.8 Å². The standard InChI is InChI=1S/C18H23F3N4OS.HI/c1-5-22-17(24-10-16-25-11(2)12(3)27-16)23-9-13-6-7-14(26-4)8-15(13)18(19,20)21;/h6-8H,5,9-10H2,1-4H3,(H2,22,23,24);1H. The lowest BCUT2D eigenvalue weighted by Gasteiger charge is -2.14. The van der Waals surface area contributed by atoms with E-state index in [0.29, 0.717) is 19.0 Å². The van der Waals surface area contributed by atoms with E-state index < -0.39 is 11.7 Å². The highest BCUT2D eigenvalue weighted by Crippen LogP contribution is 2.34. The van der Waals surface area contributed by atoms with Gasteiger partial charge in [-0.1, -0.05) is 6.07 Å². The Morgan fingerprint density at radius 1 is 1.25 bits per heavy atom. The maximum Gasteiger partial charge on any atom is 0.416 e. The first-order valence-corrected chi connectivity index (χ1v) is 9.25. The van der Waals surface area contributed by atoms with Crippen LogP contribution >= 0.6 is 35.3 Å². The molecule has 0 amide bonds. The number of alkyl halides is 3. The van der Waals surface area contributed by atoms with E-state index in [2.05, 4.69) is 20.6 Å². The predicted octanol–water partition coefficient (Wildman–Crippen LogP) is 4.66. The maximum absolute atomic E-state index is 13.3. The van der Waals surface area contributed by atoms with Gasteiger partial charge in [-0.15, -0.1) is 35.3 Å². The van der Waals surface area contributed by atoms with Crippen molar-refractivity contribution in [2.45, 2.75) is 40.0 Å². The molecule has 1 heterocycles. The van der Waals surface area contributed by atoms with Crippen LogP contribution in [0.25, 0.3) is 0 Å². The number of guanidine groups is 1. The molecule has 0 fully saturated rings. The smallest absolute Gasteiger partial charge is 0.416 e. The maximum atomic E-state index is 13.3. The van der Waals surface area contributed by atoms with Crippen LogP contribution in [0.3, 0.4) is 0 Å². The fourth-order valence-electron chi connectivity index (χ4n) is 2.36. The Morgan fingerprint density at radius 3 is 2.50 bits per heavy atom. The summed E-state index contributed by atoms with van der Waals surface area (Å²) in [5.74, 6) is 0.599. The SMILES string of the molecule is CCNC(=NCc1ccc(OC)cc1C(F)(F)F)NCc1nc(C)c(C)s1.I. The van der Waals surface area contributed by atoms with Crippen LogP contribution < -0.4 is 15.4 Å². The second-order valence-electron chi connectivity index (χ2n) is 5.82. The molecule has 2 aromatic rings. The molecule has 1 aromatic carbocycles. The third-order valence-electron chi connectivity index (χ3n) is 3.85. The Morgan fingerprint density at radius 2 is 1.96 bits per heavy atom. The van der Waals surface area contributed by atoms with E-state index >= 15 is 0 Å². The molecule has 0 aliphatic rings. The Labute approximate surface area is 183 Å². The highest BCUT2D eigenvalue weighted by molar-refractivity contribution is 14.0. The molecule has 2 rings (SSSR count). The Bertz CT molecular complexity index is 789. The van der Waals surface area contributed by atoms with Crippen molar-refractivity contribution in [3.63, 3.8) is 0 Å². The van der Waals surface area contributed by atoms with Crippen molar-refractivity contribution in [1.29, 1.82) is 0 Å². The fraction of sp³-hybridized carbons (Fsp3) is 0.444. The van der Waals surface area contributed by atoms with Crippen LogP contribution in [0.5, 0.6) is 5.75 Å². The number of thiazole rings is 1. The molecular formula is C18H24F3IN4OS. The first kappa shape index (κ1) is 24.5. The highest BCUT2D eigenvalue weighted by Gasteiger charge is 2.33. The topological polar surface area (TPSA) is 58.5 Å². The van der Waals surface area contributed by atoms with Crippen molar-refractivity contribution in [2.24, 2.45) is 4.99 Å². The van der Waals surface area contributed by atoms with Crippen molar-refractivity contribution in [3.8, 4) is 5.75 Å². The summed E-state index contributed by atoms with van der Waals surface area (Å²) in [6.45, 7) is 6.78. The van der Waals surface area contributed by atoms with Crippen LogP contribution in [-0.4, -0.2) is 24.6 Å². The van der Waals surface area contributed by atoms with Gasteiger partial charge in [0.1, 0.15) is 10.8 Å². The average molecular weight is 528 g/mol. The number of benzene rings is 1. The van der Waals surface area contributed by atoms with E-state index in [1.807, 2.05) is 20.8 Å². The molecule has 0 saturated heterocycles. The molecule has 0 unspecified atom stereocenters. The zero-order valence-corrected chi connectivity index (χ0v) is 19.3. The molecule has 10 heteroatoms. The highest BCUT2D eigenvalue weighted by atomic mass is 127. The minimum Gasteiger partial charge on any atom is -0.497 e. The fourth-order valence-corrected chi connectivity index (χ4v) is 3.24. The number of rotatable bonds is 6. The van der Waals surface area contributed by atoms with E-state index in [-0.39, 0.29) is 41.8 Å². The number of ether oxygens (including phenoxy) is 1. The lowest BCUT2D eigenvalue weighted by Crippen LogP contribution is -2.36. The third-order valence-corrected chi connectivity index (χ3v) is 4.93. The van der Waals surface area contributed by atoms with Crippen molar-refractivity contribution in [1.82, 2.24) is 15.6 Å². The molecule has 156 valence electrons. The van der Waals surface area contributed by atoms with Crippen molar-refractivity contribution in [2.75, 3.05) is 13.7 Å². The minimum absolute atomic E-state index is 0. The molecule has 0 spiro atoms. The first-order valence-electron chi connectivity index (χ1n) is 8.43. The normalized spacial score (nSPS) is 11.8. The lowest BCUT2D eigenvalue weighted by atomic mass is 10.1. The van der Waals surface area contributed by atoms with Crippen molar-refractivity contribution in [3.05, 3.63) is 44.9 Å². The summed E-state index contributed by atoms with van der Waals surface area (Å²) in [7, 11) is 1.34. The molecule has 0 aliphatic carbocycles. The van der Waals surface area contributed by atoms with Gasteiger partial charge < -0.3 is 15.4 Å². The average Bonchev–Trinajstić information content (AvgIpc) is 2.94. The summed E-state index contributed by atoms with van der Waals surface area (Å²) in [5, 5.41) is 7.04. The van der Waals surface area contributed by atoms with Crippen LogP contribution in [0.2, 0.25) is 0 Å². The van der Waals surface area contributed by atoms with Gasteiger partial charge >= 0.3 is 6.18 Å². The van der Waals surface area contributed by atoms with Gasteiger partial charge in [-0.25, -0.2) is 9.98 Å². The van der Waals surface area contributed by atoms with Gasteiger partial charge in [0.15, 0.2) is 5.96 Å². The number of halogens is 4. The summed E-state index contributed by atoms with van der Waals surface area (Å²) < 4.78 is 44.8.